The maximum atomic E-state index is 12.5. The van der Waals surface area contributed by atoms with Crippen LogP contribution in [0, 0.1) is 0 Å². The summed E-state index contributed by atoms with van der Waals surface area (Å²) in [7, 11) is -2.72. The number of carbonyl (C=O) groups excluding carboxylic acids is 2. The summed E-state index contributed by atoms with van der Waals surface area (Å²) in [5, 5.41) is 8.65. The van der Waals surface area contributed by atoms with Crippen molar-refractivity contribution in [2.24, 2.45) is 0 Å². The van der Waals surface area contributed by atoms with Gasteiger partial charge in [0.15, 0.2) is 0 Å². The molecule has 2 rings (SSSR count). The number of ether oxygens (including phenoxy) is 1. The quantitative estimate of drug-likeness (QED) is 0.592. The maximum Gasteiger partial charge on any atom is 0.267 e. The molecule has 0 radical (unpaired) electrons. The van der Waals surface area contributed by atoms with Gasteiger partial charge in [0.05, 0.1) is 12.0 Å². The molecule has 0 aliphatic carbocycles. The fourth-order valence-electron chi connectivity index (χ4n) is 2.14. The Hall–Kier alpha value is -2.13. The fourth-order valence-corrected chi connectivity index (χ4v) is 3.74. The van der Waals surface area contributed by atoms with Crippen molar-refractivity contribution < 1.29 is 28.0 Å². The zero-order valence-corrected chi connectivity index (χ0v) is 12.0. The monoisotopic (exact) mass is 314 g/mol. The molecule has 2 N–H and O–H groups in total. The lowest BCUT2D eigenvalue weighted by molar-refractivity contribution is -0.136. The first-order chi connectivity index (χ1) is 9.91. The van der Waals surface area contributed by atoms with Crippen LogP contribution in [-0.4, -0.2) is 42.9 Å². The third kappa shape index (κ3) is 2.69. The minimum Gasteiger partial charge on any atom is -0.497 e. The van der Waals surface area contributed by atoms with Crippen LogP contribution in [0.25, 0.3) is 0 Å². The zero-order valence-electron chi connectivity index (χ0n) is 11.1. The molecule has 1 aromatic carbocycles. The number of hydrogen-bond donors (Lipinski definition) is 2. The van der Waals surface area contributed by atoms with Crippen LogP contribution in [0.4, 0.5) is 0 Å². The Balaban J connectivity index is 2.40. The first-order valence-electron chi connectivity index (χ1n) is 6.07. The molecule has 1 heterocycles. The minimum absolute atomic E-state index is 0.0284. The van der Waals surface area contributed by atoms with Crippen molar-refractivity contribution in [1.29, 1.82) is 0 Å². The number of nitrogens with zero attached hydrogens (tertiary/aromatic N) is 1. The second-order valence-electron chi connectivity index (χ2n) is 4.40. The van der Waals surface area contributed by atoms with E-state index in [1.165, 1.54) is 36.9 Å². The standard InChI is InChI=1S/C12H14N2O6S/c1-20-8-2-4-9(5-3-8)21(18,19)14-10(12(16)13-17)6-7-11(14)15/h2-5,10,17H,6-7H2,1H3,(H,13,16). The van der Waals surface area contributed by atoms with Gasteiger partial charge >= 0.3 is 0 Å². The summed E-state index contributed by atoms with van der Waals surface area (Å²) in [5.74, 6) is -1.15. The fraction of sp³-hybridized carbons (Fsp3) is 0.333. The Bertz CT molecular complexity index is 655. The average molecular weight is 314 g/mol. The van der Waals surface area contributed by atoms with Gasteiger partial charge in [0.25, 0.3) is 15.9 Å². The van der Waals surface area contributed by atoms with E-state index in [0.717, 1.165) is 0 Å². The van der Waals surface area contributed by atoms with Gasteiger partial charge in [-0.2, -0.15) is 0 Å². The lowest BCUT2D eigenvalue weighted by Gasteiger charge is -2.22. The molecule has 1 fully saturated rings. The van der Waals surface area contributed by atoms with Gasteiger partial charge in [-0.1, -0.05) is 0 Å². The third-order valence-electron chi connectivity index (χ3n) is 3.19. The predicted molar refractivity (Wildman–Crippen MR) is 70.0 cm³/mol. The molecule has 9 heteroatoms. The summed E-state index contributed by atoms with van der Waals surface area (Å²) in [6.07, 6.45) is -0.0475. The molecule has 1 aliphatic rings. The Morgan fingerprint density at radius 1 is 1.38 bits per heavy atom. The number of amides is 2. The highest BCUT2D eigenvalue weighted by molar-refractivity contribution is 7.89. The molecule has 1 unspecified atom stereocenters. The van der Waals surface area contributed by atoms with Crippen LogP contribution in [0.3, 0.4) is 0 Å². The van der Waals surface area contributed by atoms with Crippen LogP contribution in [-0.2, 0) is 19.6 Å². The first kappa shape index (κ1) is 15.3. The molecule has 1 atom stereocenters. The summed E-state index contributed by atoms with van der Waals surface area (Å²) in [4.78, 5) is 23.2. The summed E-state index contributed by atoms with van der Waals surface area (Å²) in [6, 6.07) is 4.21. The molecular weight excluding hydrogens is 300 g/mol. The van der Waals surface area contributed by atoms with Crippen LogP contribution < -0.4 is 10.2 Å². The second-order valence-corrected chi connectivity index (χ2v) is 6.22. The maximum absolute atomic E-state index is 12.5. The van der Waals surface area contributed by atoms with Crippen LogP contribution in [0.2, 0.25) is 0 Å². The summed E-state index contributed by atoms with van der Waals surface area (Å²) >= 11 is 0. The summed E-state index contributed by atoms with van der Waals surface area (Å²) in [5.41, 5.74) is 1.38. The third-order valence-corrected chi connectivity index (χ3v) is 5.03. The number of carbonyl (C=O) groups is 2. The Morgan fingerprint density at radius 3 is 2.52 bits per heavy atom. The van der Waals surface area contributed by atoms with E-state index in [0.29, 0.717) is 10.1 Å². The van der Waals surface area contributed by atoms with Crippen molar-refractivity contribution in [3.05, 3.63) is 24.3 Å². The molecule has 2 amide bonds. The average Bonchev–Trinajstić information content (AvgIpc) is 2.89. The molecule has 114 valence electrons. The van der Waals surface area contributed by atoms with Gasteiger partial charge in [0, 0.05) is 6.42 Å². The first-order valence-corrected chi connectivity index (χ1v) is 7.51. The van der Waals surface area contributed by atoms with Gasteiger partial charge < -0.3 is 4.74 Å². The molecule has 0 saturated carbocycles. The van der Waals surface area contributed by atoms with Gasteiger partial charge in [0.1, 0.15) is 11.8 Å². The van der Waals surface area contributed by atoms with E-state index in [1.807, 2.05) is 0 Å². The largest absolute Gasteiger partial charge is 0.497 e. The molecular formula is C12H14N2O6S. The lowest BCUT2D eigenvalue weighted by Crippen LogP contribution is -2.46. The highest BCUT2D eigenvalue weighted by Crippen LogP contribution is 2.28. The van der Waals surface area contributed by atoms with Gasteiger partial charge in [0.2, 0.25) is 5.91 Å². The van der Waals surface area contributed by atoms with Crippen LogP contribution in [0.15, 0.2) is 29.2 Å². The molecule has 0 bridgehead atoms. The van der Waals surface area contributed by atoms with E-state index >= 15 is 0 Å². The zero-order chi connectivity index (χ0) is 15.6. The topological polar surface area (TPSA) is 113 Å². The van der Waals surface area contributed by atoms with Gasteiger partial charge in [-0.15, -0.1) is 0 Å². The predicted octanol–water partition coefficient (Wildman–Crippen LogP) is -0.120. The highest BCUT2D eigenvalue weighted by atomic mass is 32.2. The number of rotatable bonds is 4. The van der Waals surface area contributed by atoms with E-state index in [9.17, 15) is 18.0 Å². The number of hydroxylamine groups is 1. The molecule has 1 aliphatic heterocycles. The van der Waals surface area contributed by atoms with E-state index in [4.69, 9.17) is 9.94 Å². The number of nitrogens with one attached hydrogen (secondary N) is 1. The van der Waals surface area contributed by atoms with E-state index < -0.39 is 27.9 Å². The molecule has 0 aromatic heterocycles. The lowest BCUT2D eigenvalue weighted by atomic mass is 10.2. The number of sulfonamides is 1. The molecule has 8 nitrogen and oxygen atoms in total. The molecule has 0 spiro atoms. The number of benzene rings is 1. The second kappa shape index (κ2) is 5.70. The molecule has 1 saturated heterocycles. The van der Waals surface area contributed by atoms with E-state index in [-0.39, 0.29) is 17.7 Å². The van der Waals surface area contributed by atoms with Crippen LogP contribution in [0.1, 0.15) is 12.8 Å². The van der Waals surface area contributed by atoms with Gasteiger partial charge in [-0.25, -0.2) is 18.2 Å². The minimum atomic E-state index is -4.16. The highest BCUT2D eigenvalue weighted by Gasteiger charge is 2.44. The van der Waals surface area contributed by atoms with Crippen LogP contribution >= 0.6 is 0 Å². The van der Waals surface area contributed by atoms with E-state index in [1.54, 1.807) is 0 Å². The van der Waals surface area contributed by atoms with E-state index in [2.05, 4.69) is 0 Å². The van der Waals surface area contributed by atoms with Gasteiger partial charge in [-0.05, 0) is 30.7 Å². The van der Waals surface area contributed by atoms with Crippen molar-refractivity contribution in [1.82, 2.24) is 9.79 Å². The summed E-state index contributed by atoms with van der Waals surface area (Å²) < 4.78 is 30.4. The molecule has 21 heavy (non-hydrogen) atoms. The van der Waals surface area contributed by atoms with Crippen molar-refractivity contribution in [3.8, 4) is 5.75 Å². The normalized spacial score (nSPS) is 18.7. The molecule has 1 aromatic rings. The SMILES string of the molecule is COc1ccc(S(=O)(=O)N2C(=O)CCC2C(=O)NO)cc1. The van der Waals surface area contributed by atoms with Gasteiger partial charge in [-0.3, -0.25) is 14.8 Å². The van der Waals surface area contributed by atoms with Crippen molar-refractivity contribution >= 4 is 21.8 Å². The number of methoxy groups -OCH3 is 1. The smallest absolute Gasteiger partial charge is 0.267 e. The number of hydrogen-bond acceptors (Lipinski definition) is 6. The van der Waals surface area contributed by atoms with Crippen molar-refractivity contribution in [3.63, 3.8) is 0 Å². The summed E-state index contributed by atoms with van der Waals surface area (Å²) in [6.45, 7) is 0. The Labute approximate surface area is 121 Å². The Morgan fingerprint density at radius 2 is 2.00 bits per heavy atom. The van der Waals surface area contributed by atoms with Crippen molar-refractivity contribution in [2.45, 2.75) is 23.8 Å². The van der Waals surface area contributed by atoms with Crippen LogP contribution in [0.5, 0.6) is 5.75 Å². The van der Waals surface area contributed by atoms with Crippen molar-refractivity contribution in [2.75, 3.05) is 7.11 Å². The Kier molecular flexibility index (Phi) is 4.14.